The minimum atomic E-state index is -0.793. The number of hydrogen-bond donors (Lipinski definition) is 2. The molecule has 1 atom stereocenters. The fourth-order valence-corrected chi connectivity index (χ4v) is 6.92. The number of esters is 1. The highest BCUT2D eigenvalue weighted by Gasteiger charge is 2.48. The molecule has 2 aliphatic carbocycles. The average molecular weight is 575 g/mol. The van der Waals surface area contributed by atoms with Gasteiger partial charge in [-0.3, -0.25) is 0 Å². The van der Waals surface area contributed by atoms with E-state index < -0.39 is 11.6 Å². The van der Waals surface area contributed by atoms with Gasteiger partial charge in [-0.1, -0.05) is 26.2 Å². The largest absolute Gasteiger partial charge is 0.512 e. The van der Waals surface area contributed by atoms with Crippen LogP contribution < -0.4 is 4.74 Å². The number of cyclic esters (lactones) is 1. The summed E-state index contributed by atoms with van der Waals surface area (Å²) in [7, 11) is 0. The van der Waals surface area contributed by atoms with Crippen LogP contribution in [0.15, 0.2) is 29.5 Å². The number of phenolic OH excluding ortho intramolecular Hbond substituents is 1. The molecule has 0 saturated heterocycles. The highest BCUT2D eigenvalue weighted by atomic mass is 16.6. The summed E-state index contributed by atoms with van der Waals surface area (Å²) in [5.74, 6) is 2.18. The van der Waals surface area contributed by atoms with Gasteiger partial charge in [-0.15, -0.1) is 5.10 Å². The highest BCUT2D eigenvalue weighted by molar-refractivity contribution is 5.90. The second-order valence-corrected chi connectivity index (χ2v) is 12.5. The van der Waals surface area contributed by atoms with Crippen molar-refractivity contribution >= 4 is 11.7 Å². The summed E-state index contributed by atoms with van der Waals surface area (Å²) in [5.41, 5.74) is 3.06. The lowest BCUT2D eigenvalue weighted by molar-refractivity contribution is -0.167. The number of phenols is 1. The van der Waals surface area contributed by atoms with Crippen LogP contribution in [0.5, 0.6) is 11.5 Å². The predicted molar refractivity (Wildman–Crippen MR) is 158 cm³/mol. The van der Waals surface area contributed by atoms with Crippen molar-refractivity contribution in [1.82, 2.24) is 19.6 Å². The number of aliphatic hydroxyl groups is 1. The molecule has 1 aliphatic heterocycles. The van der Waals surface area contributed by atoms with Gasteiger partial charge in [0.1, 0.15) is 22.9 Å². The minimum absolute atomic E-state index is 0.0688. The molecular weight excluding hydrogens is 532 g/mol. The number of fused-ring (bicyclic) bond motifs is 1. The number of rotatable bonds is 10. The zero-order valence-corrected chi connectivity index (χ0v) is 25.0. The molecule has 9 heteroatoms. The number of nitrogens with zero attached hydrogens (tertiary/aromatic N) is 4. The van der Waals surface area contributed by atoms with E-state index in [2.05, 4.69) is 15.1 Å². The number of carbonyl (C=O) groups excluding carboxylic acids is 1. The van der Waals surface area contributed by atoms with Crippen LogP contribution in [0.3, 0.4) is 0 Å². The molecule has 0 amide bonds. The van der Waals surface area contributed by atoms with Crippen LogP contribution in [0.25, 0.3) is 5.78 Å². The molecule has 2 fully saturated rings. The van der Waals surface area contributed by atoms with Crippen LogP contribution in [0.4, 0.5) is 0 Å². The van der Waals surface area contributed by atoms with Crippen molar-refractivity contribution in [3.8, 4) is 11.5 Å². The zero-order chi connectivity index (χ0) is 29.4. The molecule has 1 aromatic carbocycles. The molecule has 0 bridgehead atoms. The highest BCUT2D eigenvalue weighted by Crippen LogP contribution is 2.46. The molecule has 2 aromatic heterocycles. The van der Waals surface area contributed by atoms with E-state index in [4.69, 9.17) is 9.47 Å². The lowest BCUT2D eigenvalue weighted by Gasteiger charge is -2.42. The quantitative estimate of drug-likeness (QED) is 0.281. The molecule has 6 rings (SSSR count). The Hall–Kier alpha value is -3.62. The van der Waals surface area contributed by atoms with E-state index in [-0.39, 0.29) is 35.8 Å². The Labute approximate surface area is 247 Å². The third-order valence-corrected chi connectivity index (χ3v) is 9.61. The van der Waals surface area contributed by atoms with Gasteiger partial charge in [0, 0.05) is 30.3 Å². The summed E-state index contributed by atoms with van der Waals surface area (Å²) in [6, 6.07) is 5.71. The van der Waals surface area contributed by atoms with Crippen LogP contribution in [-0.4, -0.2) is 48.0 Å². The minimum Gasteiger partial charge on any atom is -0.512 e. The summed E-state index contributed by atoms with van der Waals surface area (Å²) in [6.07, 6.45) is 10.0. The third-order valence-electron chi connectivity index (χ3n) is 9.61. The Bertz CT molecular complexity index is 1520. The first-order valence-corrected chi connectivity index (χ1v) is 15.6. The Morgan fingerprint density at radius 2 is 1.83 bits per heavy atom. The normalized spacial score (nSPS) is 21.6. The maximum absolute atomic E-state index is 13.6. The molecule has 1 unspecified atom stereocenters. The Morgan fingerprint density at radius 3 is 2.52 bits per heavy atom. The fourth-order valence-electron chi connectivity index (χ4n) is 6.92. The summed E-state index contributed by atoms with van der Waals surface area (Å²) >= 11 is 0. The monoisotopic (exact) mass is 574 g/mol. The van der Waals surface area contributed by atoms with Crippen molar-refractivity contribution in [2.75, 3.05) is 6.61 Å². The molecule has 3 heterocycles. The number of carbonyl (C=O) groups is 1. The zero-order valence-electron chi connectivity index (χ0n) is 25.0. The Balaban J connectivity index is 1.26. The van der Waals surface area contributed by atoms with Gasteiger partial charge in [0.15, 0.2) is 5.82 Å². The summed E-state index contributed by atoms with van der Waals surface area (Å²) in [6.45, 7) is 6.52. The molecular formula is C33H42N4O5. The first-order chi connectivity index (χ1) is 20.2. The smallest absolute Gasteiger partial charge is 0.338 e. The van der Waals surface area contributed by atoms with Crippen LogP contribution in [0.1, 0.15) is 93.1 Å². The number of aryl methyl sites for hydroxylation is 4. The molecule has 2 saturated carbocycles. The van der Waals surface area contributed by atoms with Crippen molar-refractivity contribution < 1.29 is 24.5 Å². The number of aromatic nitrogens is 4. The van der Waals surface area contributed by atoms with Gasteiger partial charge < -0.3 is 19.7 Å². The molecule has 2 N–H and O–H groups in total. The van der Waals surface area contributed by atoms with Crippen molar-refractivity contribution in [2.45, 2.75) is 103 Å². The molecule has 0 spiro atoms. The fraction of sp³-hybridized carbons (Fsp3) is 0.576. The number of aromatic hydroxyl groups is 1. The first-order valence-electron chi connectivity index (χ1n) is 15.6. The average Bonchev–Trinajstić information content (AvgIpc) is 3.60. The van der Waals surface area contributed by atoms with Crippen LogP contribution in [0, 0.1) is 25.7 Å². The number of benzene rings is 1. The lowest BCUT2D eigenvalue weighted by atomic mass is 9.76. The standard InChI is InChI=1S/C33H42N4O5/c1-4-23-15-24(29(17-27(23)38)41-19-22-8-7-9-22)12-13-33(25-10-5-6-11-25)18-28(39)26(31(40)42-33)16-30-35-32-34-20(2)14-21(3)37(32)36-30/h14-15,17,22,25,38-39H,4-13,16,18-19H2,1-3H3. The SMILES string of the molecule is CCc1cc(CCC2(C3CCCC3)CC(O)=C(Cc3nc4nc(C)cc(C)n4n3)C(=O)O2)c(OCC2CCC2)cc1O. The van der Waals surface area contributed by atoms with E-state index in [1.165, 1.54) is 19.3 Å². The summed E-state index contributed by atoms with van der Waals surface area (Å²) < 4.78 is 14.3. The maximum atomic E-state index is 13.6. The summed E-state index contributed by atoms with van der Waals surface area (Å²) in [4.78, 5) is 22.5. The van der Waals surface area contributed by atoms with Gasteiger partial charge in [-0.05, 0) is 93.9 Å². The number of ether oxygens (including phenoxy) is 2. The van der Waals surface area contributed by atoms with Gasteiger partial charge in [-0.2, -0.15) is 4.98 Å². The Morgan fingerprint density at radius 1 is 1.05 bits per heavy atom. The molecule has 3 aromatic rings. The van der Waals surface area contributed by atoms with Gasteiger partial charge in [-0.25, -0.2) is 14.3 Å². The van der Waals surface area contributed by atoms with Crippen LogP contribution in [0.2, 0.25) is 0 Å². The van der Waals surface area contributed by atoms with Crippen molar-refractivity contribution in [3.05, 3.63) is 57.9 Å². The van der Waals surface area contributed by atoms with Gasteiger partial charge in [0.2, 0.25) is 0 Å². The molecule has 0 radical (unpaired) electrons. The maximum Gasteiger partial charge on any atom is 0.338 e. The van der Waals surface area contributed by atoms with E-state index >= 15 is 0 Å². The van der Waals surface area contributed by atoms with E-state index in [1.54, 1.807) is 10.6 Å². The van der Waals surface area contributed by atoms with E-state index in [0.29, 0.717) is 49.1 Å². The van der Waals surface area contributed by atoms with Crippen molar-refractivity contribution in [2.24, 2.45) is 11.8 Å². The predicted octanol–water partition coefficient (Wildman–Crippen LogP) is 6.05. The molecule has 42 heavy (non-hydrogen) atoms. The topological polar surface area (TPSA) is 119 Å². The van der Waals surface area contributed by atoms with Gasteiger partial charge in [0.25, 0.3) is 5.78 Å². The lowest BCUT2D eigenvalue weighted by Crippen LogP contribution is -2.46. The summed E-state index contributed by atoms with van der Waals surface area (Å²) in [5, 5.41) is 26.5. The molecule has 9 nitrogen and oxygen atoms in total. The molecule has 3 aliphatic rings. The first kappa shape index (κ1) is 28.5. The van der Waals surface area contributed by atoms with E-state index in [0.717, 1.165) is 48.2 Å². The molecule has 224 valence electrons. The Kier molecular flexibility index (Phi) is 7.85. The number of aliphatic hydroxyl groups excluding tert-OH is 1. The van der Waals surface area contributed by atoms with Crippen LogP contribution in [-0.2, 0) is 28.8 Å². The third kappa shape index (κ3) is 5.57. The van der Waals surface area contributed by atoms with Gasteiger partial charge >= 0.3 is 5.97 Å². The van der Waals surface area contributed by atoms with Gasteiger partial charge in [0.05, 0.1) is 12.2 Å². The van der Waals surface area contributed by atoms with Crippen LogP contribution >= 0.6 is 0 Å². The second-order valence-electron chi connectivity index (χ2n) is 12.5. The van der Waals surface area contributed by atoms with Crippen molar-refractivity contribution in [3.63, 3.8) is 0 Å². The second kappa shape index (κ2) is 11.6. The number of hydrogen-bond acceptors (Lipinski definition) is 8. The van der Waals surface area contributed by atoms with E-state index in [1.807, 2.05) is 32.9 Å². The van der Waals surface area contributed by atoms with E-state index in [9.17, 15) is 15.0 Å². The van der Waals surface area contributed by atoms with Crippen molar-refractivity contribution in [1.29, 1.82) is 0 Å².